The normalized spacial score (nSPS) is 10.1. The van der Waals surface area contributed by atoms with E-state index in [1.165, 1.54) is 0 Å². The van der Waals surface area contributed by atoms with Crippen molar-refractivity contribution in [1.82, 2.24) is 0 Å². The SMILES string of the molecule is N#CCCCC(CCCC#N)(CCCC#N)CCCC#N. The minimum absolute atomic E-state index is 0.0986. The summed E-state index contributed by atoms with van der Waals surface area (Å²) < 4.78 is 0. The van der Waals surface area contributed by atoms with Crippen molar-refractivity contribution in [3.05, 3.63) is 0 Å². The Balaban J connectivity index is 4.71. The van der Waals surface area contributed by atoms with Gasteiger partial charge in [-0.3, -0.25) is 0 Å². The summed E-state index contributed by atoms with van der Waals surface area (Å²) in [6.45, 7) is 0. The Kier molecular flexibility index (Phi) is 11.7. The predicted octanol–water partition coefficient (Wildman–Crippen LogP) is 4.75. The van der Waals surface area contributed by atoms with Crippen LogP contribution in [0.1, 0.15) is 77.0 Å². The highest BCUT2D eigenvalue weighted by atomic mass is 14.3. The molecule has 21 heavy (non-hydrogen) atoms. The van der Waals surface area contributed by atoms with Crippen molar-refractivity contribution >= 4 is 0 Å². The van der Waals surface area contributed by atoms with Crippen LogP contribution in [-0.2, 0) is 0 Å². The second-order valence-corrected chi connectivity index (χ2v) is 5.55. The van der Waals surface area contributed by atoms with Gasteiger partial charge in [0.15, 0.2) is 0 Å². The van der Waals surface area contributed by atoms with Gasteiger partial charge in [-0.1, -0.05) is 0 Å². The lowest BCUT2D eigenvalue weighted by molar-refractivity contribution is 0.182. The lowest BCUT2D eigenvalue weighted by atomic mass is 9.71. The first kappa shape index (κ1) is 19.0. The first-order valence-corrected chi connectivity index (χ1v) is 7.72. The zero-order chi connectivity index (χ0) is 15.8. The molecule has 0 rings (SSSR count). The summed E-state index contributed by atoms with van der Waals surface area (Å²) in [6, 6.07) is 8.74. The molecular formula is C17H24N4. The van der Waals surface area contributed by atoms with E-state index in [-0.39, 0.29) is 5.41 Å². The Morgan fingerprint density at radius 2 is 0.714 bits per heavy atom. The smallest absolute Gasteiger partial charge is 0.0621 e. The third-order valence-corrected chi connectivity index (χ3v) is 3.98. The zero-order valence-electron chi connectivity index (χ0n) is 12.8. The van der Waals surface area contributed by atoms with Gasteiger partial charge in [0, 0.05) is 25.7 Å². The highest BCUT2D eigenvalue weighted by Gasteiger charge is 2.28. The maximum atomic E-state index is 8.73. The number of hydrogen-bond acceptors (Lipinski definition) is 4. The Bertz CT molecular complexity index is 342. The third kappa shape index (κ3) is 9.49. The lowest BCUT2D eigenvalue weighted by Crippen LogP contribution is -2.21. The van der Waals surface area contributed by atoms with E-state index in [1.54, 1.807) is 0 Å². The zero-order valence-corrected chi connectivity index (χ0v) is 12.8. The van der Waals surface area contributed by atoms with Crippen LogP contribution < -0.4 is 0 Å². The van der Waals surface area contributed by atoms with Gasteiger partial charge < -0.3 is 0 Å². The fraction of sp³-hybridized carbons (Fsp3) is 0.765. The molecule has 0 N–H and O–H groups in total. The summed E-state index contributed by atoms with van der Waals surface area (Å²) in [7, 11) is 0. The molecule has 0 fully saturated rings. The van der Waals surface area contributed by atoms with Gasteiger partial charge in [0.1, 0.15) is 0 Å². The third-order valence-electron chi connectivity index (χ3n) is 3.98. The summed E-state index contributed by atoms with van der Waals surface area (Å²) in [4.78, 5) is 0. The monoisotopic (exact) mass is 284 g/mol. The van der Waals surface area contributed by atoms with Gasteiger partial charge >= 0.3 is 0 Å². The molecule has 0 aromatic rings. The van der Waals surface area contributed by atoms with Crippen molar-refractivity contribution < 1.29 is 0 Å². The van der Waals surface area contributed by atoms with E-state index < -0.39 is 0 Å². The lowest BCUT2D eigenvalue weighted by Gasteiger charge is -2.34. The first-order valence-electron chi connectivity index (χ1n) is 7.72. The molecule has 0 saturated carbocycles. The van der Waals surface area contributed by atoms with Crippen molar-refractivity contribution in [2.24, 2.45) is 5.41 Å². The molecule has 0 aliphatic rings. The van der Waals surface area contributed by atoms with E-state index in [1.807, 2.05) is 0 Å². The average Bonchev–Trinajstić information content (AvgIpc) is 2.48. The summed E-state index contributed by atoms with van der Waals surface area (Å²) in [5, 5.41) is 34.9. The van der Waals surface area contributed by atoms with E-state index in [0.717, 1.165) is 51.4 Å². The van der Waals surface area contributed by atoms with E-state index in [0.29, 0.717) is 25.7 Å². The topological polar surface area (TPSA) is 95.2 Å². The molecule has 0 amide bonds. The molecular weight excluding hydrogens is 260 g/mol. The minimum atomic E-state index is 0.0986. The van der Waals surface area contributed by atoms with E-state index in [9.17, 15) is 0 Å². The molecule has 0 aliphatic heterocycles. The van der Waals surface area contributed by atoms with Crippen LogP contribution in [0, 0.1) is 50.7 Å². The van der Waals surface area contributed by atoms with Gasteiger partial charge in [0.25, 0.3) is 0 Å². The molecule has 0 atom stereocenters. The van der Waals surface area contributed by atoms with Crippen molar-refractivity contribution in [2.75, 3.05) is 0 Å². The van der Waals surface area contributed by atoms with Crippen LogP contribution >= 0.6 is 0 Å². The van der Waals surface area contributed by atoms with Gasteiger partial charge in [-0.25, -0.2) is 0 Å². The van der Waals surface area contributed by atoms with Crippen LogP contribution in [0.5, 0.6) is 0 Å². The van der Waals surface area contributed by atoms with Crippen LogP contribution in [-0.4, -0.2) is 0 Å². The Morgan fingerprint density at radius 3 is 0.905 bits per heavy atom. The Morgan fingerprint density at radius 1 is 0.476 bits per heavy atom. The van der Waals surface area contributed by atoms with Gasteiger partial charge in [-0.05, 0) is 56.8 Å². The summed E-state index contributed by atoms with van der Waals surface area (Å²) in [5.74, 6) is 0. The molecule has 0 spiro atoms. The fourth-order valence-corrected chi connectivity index (χ4v) is 2.92. The summed E-state index contributed by atoms with van der Waals surface area (Å²) in [6.07, 6.45) is 9.51. The van der Waals surface area contributed by atoms with Gasteiger partial charge in [0.05, 0.1) is 24.3 Å². The molecule has 0 heterocycles. The van der Waals surface area contributed by atoms with Crippen LogP contribution in [0.3, 0.4) is 0 Å². The largest absolute Gasteiger partial charge is 0.198 e. The molecule has 0 unspecified atom stereocenters. The molecule has 0 radical (unpaired) electrons. The minimum Gasteiger partial charge on any atom is -0.198 e. The molecule has 4 heteroatoms. The van der Waals surface area contributed by atoms with Gasteiger partial charge in [-0.2, -0.15) is 21.0 Å². The highest BCUT2D eigenvalue weighted by molar-refractivity contribution is 4.86. The molecule has 0 aromatic heterocycles. The molecule has 0 saturated heterocycles. The standard InChI is InChI=1S/C17H24N4/c18-13-5-1-9-17(10-2-6-14-19,11-3-7-15-20)12-4-8-16-21/h1-12H2. The predicted molar refractivity (Wildman–Crippen MR) is 80.3 cm³/mol. The van der Waals surface area contributed by atoms with Crippen LogP contribution in [0.25, 0.3) is 0 Å². The van der Waals surface area contributed by atoms with Crippen molar-refractivity contribution in [1.29, 1.82) is 21.0 Å². The van der Waals surface area contributed by atoms with E-state index in [4.69, 9.17) is 21.0 Å². The molecule has 0 aromatic carbocycles. The number of nitrogens with zero attached hydrogens (tertiary/aromatic N) is 4. The number of unbranched alkanes of at least 4 members (excludes halogenated alkanes) is 4. The average molecular weight is 284 g/mol. The summed E-state index contributed by atoms with van der Waals surface area (Å²) >= 11 is 0. The maximum absolute atomic E-state index is 8.73. The Hall–Kier alpha value is -2.04. The number of nitriles is 4. The molecule has 4 nitrogen and oxygen atoms in total. The van der Waals surface area contributed by atoms with Crippen LogP contribution in [0.4, 0.5) is 0 Å². The van der Waals surface area contributed by atoms with Crippen LogP contribution in [0.15, 0.2) is 0 Å². The van der Waals surface area contributed by atoms with E-state index in [2.05, 4.69) is 24.3 Å². The number of hydrogen-bond donors (Lipinski definition) is 0. The second-order valence-electron chi connectivity index (χ2n) is 5.55. The number of rotatable bonds is 12. The van der Waals surface area contributed by atoms with E-state index >= 15 is 0 Å². The van der Waals surface area contributed by atoms with Crippen LogP contribution in [0.2, 0.25) is 0 Å². The Labute approximate surface area is 128 Å². The molecule has 112 valence electrons. The summed E-state index contributed by atoms with van der Waals surface area (Å²) in [5.41, 5.74) is 0.0986. The highest BCUT2D eigenvalue weighted by Crippen LogP contribution is 2.41. The quantitative estimate of drug-likeness (QED) is 0.483. The van der Waals surface area contributed by atoms with Gasteiger partial charge in [-0.15, -0.1) is 0 Å². The maximum Gasteiger partial charge on any atom is 0.0621 e. The molecule has 0 aliphatic carbocycles. The van der Waals surface area contributed by atoms with Crippen molar-refractivity contribution in [2.45, 2.75) is 77.0 Å². The van der Waals surface area contributed by atoms with Gasteiger partial charge in [0.2, 0.25) is 0 Å². The molecule has 0 bridgehead atoms. The first-order chi connectivity index (χ1) is 10.2. The van der Waals surface area contributed by atoms with Crippen molar-refractivity contribution in [3.63, 3.8) is 0 Å². The van der Waals surface area contributed by atoms with Crippen molar-refractivity contribution in [3.8, 4) is 24.3 Å². The second kappa shape index (κ2) is 13.0. The fourth-order valence-electron chi connectivity index (χ4n) is 2.92.